The predicted molar refractivity (Wildman–Crippen MR) is 109 cm³/mol. The molecular formula is C19H20N4O3S2. The first-order valence-corrected chi connectivity index (χ1v) is 11.2. The van der Waals surface area contributed by atoms with Crippen molar-refractivity contribution in [3.8, 4) is 0 Å². The van der Waals surface area contributed by atoms with E-state index in [0.29, 0.717) is 17.6 Å². The van der Waals surface area contributed by atoms with Gasteiger partial charge >= 0.3 is 0 Å². The zero-order valence-electron chi connectivity index (χ0n) is 15.5. The van der Waals surface area contributed by atoms with E-state index >= 15 is 0 Å². The Morgan fingerprint density at radius 1 is 1.14 bits per heavy atom. The first-order chi connectivity index (χ1) is 13.4. The van der Waals surface area contributed by atoms with E-state index < -0.39 is 16.1 Å². The molecule has 1 amide bonds. The maximum absolute atomic E-state index is 13.2. The van der Waals surface area contributed by atoms with Crippen LogP contribution < -0.4 is 9.62 Å². The summed E-state index contributed by atoms with van der Waals surface area (Å²) in [6.45, 7) is 4.21. The number of fused-ring (bicyclic) bond motifs is 2. The van der Waals surface area contributed by atoms with Crippen LogP contribution in [0.15, 0.2) is 47.4 Å². The van der Waals surface area contributed by atoms with Crippen LogP contribution in [0.3, 0.4) is 0 Å². The van der Waals surface area contributed by atoms with Gasteiger partial charge in [-0.2, -0.15) is 13.5 Å². The van der Waals surface area contributed by atoms with Gasteiger partial charge in [0.05, 0.1) is 11.7 Å². The van der Waals surface area contributed by atoms with Crippen molar-refractivity contribution in [1.29, 1.82) is 0 Å². The fourth-order valence-electron chi connectivity index (χ4n) is 3.44. The summed E-state index contributed by atoms with van der Waals surface area (Å²) in [7, 11) is -3.95. The van der Waals surface area contributed by atoms with Crippen LogP contribution in [-0.4, -0.2) is 35.7 Å². The van der Waals surface area contributed by atoms with Crippen LogP contribution >= 0.6 is 11.7 Å². The maximum Gasteiger partial charge on any atom is 0.245 e. The molecule has 3 aromatic rings. The summed E-state index contributed by atoms with van der Waals surface area (Å²) in [6.07, 6.45) is 0.767. The van der Waals surface area contributed by atoms with Crippen molar-refractivity contribution in [2.45, 2.75) is 31.2 Å². The minimum Gasteiger partial charge on any atom is -0.310 e. The number of carbonyl (C=O) groups is 1. The molecule has 28 heavy (non-hydrogen) atoms. The Morgan fingerprint density at radius 3 is 2.71 bits per heavy atom. The topological polar surface area (TPSA) is 92.3 Å². The molecule has 0 bridgehead atoms. The Hall–Kier alpha value is -2.36. The van der Waals surface area contributed by atoms with Crippen molar-refractivity contribution in [1.82, 2.24) is 13.5 Å². The third-order valence-corrected chi connectivity index (χ3v) is 6.92. The first kappa shape index (κ1) is 19.0. The third-order valence-electron chi connectivity index (χ3n) is 4.91. The summed E-state index contributed by atoms with van der Waals surface area (Å²) in [6, 6.07) is 11.7. The van der Waals surface area contributed by atoms with Gasteiger partial charge in [0.15, 0.2) is 0 Å². The number of aromatic nitrogens is 2. The standard InChI is InChI=1S/C19H20N4O3S2/c1-12(2)17(19(24)23-11-10-13-6-3-4-8-15(13)23)22-28(25,26)16-9-5-7-14-18(16)21-27-20-14/h3-9,12,17,22H,10-11H2,1-2H3. The second-order valence-electron chi connectivity index (χ2n) is 7.10. The Morgan fingerprint density at radius 2 is 1.93 bits per heavy atom. The molecule has 0 fully saturated rings. The van der Waals surface area contributed by atoms with E-state index in [0.717, 1.165) is 29.4 Å². The largest absolute Gasteiger partial charge is 0.310 e. The highest BCUT2D eigenvalue weighted by molar-refractivity contribution is 7.89. The summed E-state index contributed by atoms with van der Waals surface area (Å²) in [5.74, 6) is -0.463. The first-order valence-electron chi connectivity index (χ1n) is 9.01. The fourth-order valence-corrected chi connectivity index (χ4v) is 5.54. The molecule has 2 aromatic carbocycles. The number of amides is 1. The van der Waals surface area contributed by atoms with Gasteiger partial charge in [0, 0.05) is 12.2 Å². The molecule has 0 aliphatic carbocycles. The van der Waals surface area contributed by atoms with E-state index in [1.54, 1.807) is 17.0 Å². The number of nitrogens with zero attached hydrogens (tertiary/aromatic N) is 3. The normalized spacial score (nSPS) is 15.2. The lowest BCUT2D eigenvalue weighted by Crippen LogP contribution is -2.51. The number of sulfonamides is 1. The average molecular weight is 417 g/mol. The van der Waals surface area contributed by atoms with Crippen LogP contribution in [0.2, 0.25) is 0 Å². The maximum atomic E-state index is 13.2. The zero-order valence-corrected chi connectivity index (χ0v) is 17.1. The summed E-state index contributed by atoms with van der Waals surface area (Å²) in [5.41, 5.74) is 2.79. The van der Waals surface area contributed by atoms with Gasteiger partial charge in [-0.3, -0.25) is 4.79 Å². The molecule has 1 N–H and O–H groups in total. The second kappa shape index (κ2) is 7.23. The van der Waals surface area contributed by atoms with Gasteiger partial charge in [-0.05, 0) is 36.1 Å². The van der Waals surface area contributed by atoms with Crippen LogP contribution in [-0.2, 0) is 21.2 Å². The third kappa shape index (κ3) is 3.30. The smallest absolute Gasteiger partial charge is 0.245 e. The average Bonchev–Trinajstić information content (AvgIpc) is 3.31. The number of hydrogen-bond donors (Lipinski definition) is 1. The van der Waals surface area contributed by atoms with Crippen molar-refractivity contribution in [2.75, 3.05) is 11.4 Å². The predicted octanol–water partition coefficient (Wildman–Crippen LogP) is 2.58. The Bertz CT molecular complexity index is 1140. The number of anilines is 1. The summed E-state index contributed by atoms with van der Waals surface area (Å²) < 4.78 is 37.0. The highest BCUT2D eigenvalue weighted by atomic mass is 32.2. The summed E-state index contributed by atoms with van der Waals surface area (Å²) in [5, 5.41) is 0. The van der Waals surface area contributed by atoms with Crippen LogP contribution in [0, 0.1) is 5.92 Å². The Labute approximate surface area is 167 Å². The van der Waals surface area contributed by atoms with Crippen molar-refractivity contribution in [2.24, 2.45) is 5.92 Å². The molecule has 0 radical (unpaired) electrons. The van der Waals surface area contributed by atoms with E-state index in [9.17, 15) is 13.2 Å². The van der Waals surface area contributed by atoms with Gasteiger partial charge in [0.25, 0.3) is 0 Å². The van der Waals surface area contributed by atoms with Crippen LogP contribution in [0.1, 0.15) is 19.4 Å². The van der Waals surface area contributed by atoms with Gasteiger partial charge < -0.3 is 4.90 Å². The zero-order chi connectivity index (χ0) is 19.9. The fraction of sp³-hybridized carbons (Fsp3) is 0.316. The second-order valence-corrected chi connectivity index (χ2v) is 9.31. The van der Waals surface area contributed by atoms with Crippen molar-refractivity contribution in [3.05, 3.63) is 48.0 Å². The molecule has 1 atom stereocenters. The lowest BCUT2D eigenvalue weighted by atomic mass is 10.0. The molecule has 7 nitrogen and oxygen atoms in total. The summed E-state index contributed by atoms with van der Waals surface area (Å²) >= 11 is 0.960. The van der Waals surface area contributed by atoms with Crippen LogP contribution in [0.25, 0.3) is 11.0 Å². The molecular weight excluding hydrogens is 396 g/mol. The van der Waals surface area contributed by atoms with Crippen LogP contribution in [0.5, 0.6) is 0 Å². The van der Waals surface area contributed by atoms with E-state index in [1.807, 2.05) is 38.1 Å². The van der Waals surface area contributed by atoms with Crippen LogP contribution in [0.4, 0.5) is 5.69 Å². The van der Waals surface area contributed by atoms with E-state index in [-0.39, 0.29) is 16.7 Å². The number of carbonyl (C=O) groups excluding carboxylic acids is 1. The quantitative estimate of drug-likeness (QED) is 0.690. The Kier molecular flexibility index (Phi) is 4.90. The monoisotopic (exact) mass is 416 g/mol. The van der Waals surface area contributed by atoms with Crippen molar-refractivity contribution in [3.63, 3.8) is 0 Å². The lowest BCUT2D eigenvalue weighted by Gasteiger charge is -2.27. The molecule has 0 saturated carbocycles. The number of hydrogen-bond acceptors (Lipinski definition) is 6. The molecule has 0 saturated heterocycles. The molecule has 4 rings (SSSR count). The number of rotatable bonds is 5. The molecule has 0 spiro atoms. The van der Waals surface area contributed by atoms with Crippen molar-refractivity contribution < 1.29 is 13.2 Å². The highest BCUT2D eigenvalue weighted by Gasteiger charge is 2.35. The minimum atomic E-state index is -3.95. The Balaban J connectivity index is 1.66. The molecule has 2 heterocycles. The molecule has 9 heteroatoms. The molecule has 1 aromatic heterocycles. The number of nitrogens with one attached hydrogen (secondary N) is 1. The SMILES string of the molecule is CC(C)C(NS(=O)(=O)c1cccc2nsnc12)C(=O)N1CCc2ccccc21. The van der Waals surface area contributed by atoms with Gasteiger partial charge in [0.2, 0.25) is 15.9 Å². The van der Waals surface area contributed by atoms with E-state index in [4.69, 9.17) is 0 Å². The lowest BCUT2D eigenvalue weighted by molar-refractivity contribution is -0.121. The summed E-state index contributed by atoms with van der Waals surface area (Å²) in [4.78, 5) is 15.0. The molecule has 1 aliphatic rings. The van der Waals surface area contributed by atoms with Gasteiger partial charge in [-0.15, -0.1) is 0 Å². The minimum absolute atomic E-state index is 0.0408. The molecule has 146 valence electrons. The van der Waals surface area contributed by atoms with Gasteiger partial charge in [0.1, 0.15) is 22.0 Å². The number of para-hydroxylation sites is 1. The molecule has 1 aliphatic heterocycles. The van der Waals surface area contributed by atoms with E-state index in [1.165, 1.54) is 6.07 Å². The van der Waals surface area contributed by atoms with Gasteiger partial charge in [-0.25, -0.2) is 8.42 Å². The molecule has 1 unspecified atom stereocenters. The van der Waals surface area contributed by atoms with Gasteiger partial charge in [-0.1, -0.05) is 38.1 Å². The van der Waals surface area contributed by atoms with Crippen molar-refractivity contribution >= 4 is 44.4 Å². The number of benzene rings is 2. The highest BCUT2D eigenvalue weighted by Crippen LogP contribution is 2.29. The van der Waals surface area contributed by atoms with E-state index in [2.05, 4.69) is 13.5 Å².